The lowest BCUT2D eigenvalue weighted by molar-refractivity contribution is -0.126. The molecule has 2 aliphatic rings. The number of hydrogen-bond acceptors (Lipinski definition) is 3. The van der Waals surface area contributed by atoms with Gasteiger partial charge in [-0.15, -0.1) is 0 Å². The minimum Gasteiger partial charge on any atom is -0.354 e. The summed E-state index contributed by atoms with van der Waals surface area (Å²) in [4.78, 5) is 14.6. The van der Waals surface area contributed by atoms with E-state index in [1.54, 1.807) is 0 Å². The molecule has 0 aromatic rings. The average molecular weight is 267 g/mol. The first-order valence-electron chi connectivity index (χ1n) is 7.90. The Morgan fingerprint density at radius 1 is 1.21 bits per heavy atom. The van der Waals surface area contributed by atoms with Gasteiger partial charge in [0.05, 0.1) is 5.54 Å². The van der Waals surface area contributed by atoms with Crippen molar-refractivity contribution in [2.24, 2.45) is 11.7 Å². The van der Waals surface area contributed by atoms with Gasteiger partial charge in [0, 0.05) is 13.1 Å². The molecule has 4 nitrogen and oxygen atoms in total. The number of amides is 1. The molecule has 4 heteroatoms. The quantitative estimate of drug-likeness (QED) is 0.793. The first kappa shape index (κ1) is 14.8. The number of nitrogens with two attached hydrogens (primary N) is 1. The molecule has 2 rings (SSSR count). The Kier molecular flexibility index (Phi) is 5.22. The molecule has 110 valence electrons. The van der Waals surface area contributed by atoms with Gasteiger partial charge in [0.2, 0.25) is 5.91 Å². The molecule has 0 bridgehead atoms. The summed E-state index contributed by atoms with van der Waals surface area (Å²) in [5, 5.41) is 3.06. The Morgan fingerprint density at radius 3 is 2.47 bits per heavy atom. The van der Waals surface area contributed by atoms with Gasteiger partial charge >= 0.3 is 0 Å². The molecule has 1 amide bonds. The Hall–Kier alpha value is -0.610. The second kappa shape index (κ2) is 6.71. The monoisotopic (exact) mass is 267 g/mol. The zero-order valence-electron chi connectivity index (χ0n) is 12.3. The second-order valence-electron chi connectivity index (χ2n) is 6.54. The van der Waals surface area contributed by atoms with Crippen molar-refractivity contribution in [2.75, 3.05) is 26.2 Å². The van der Waals surface area contributed by atoms with E-state index in [0.717, 1.165) is 38.8 Å². The van der Waals surface area contributed by atoms with Gasteiger partial charge in [0.15, 0.2) is 0 Å². The van der Waals surface area contributed by atoms with E-state index in [9.17, 15) is 4.79 Å². The molecular formula is C15H29N3O. The van der Waals surface area contributed by atoms with E-state index in [2.05, 4.69) is 17.1 Å². The minimum absolute atomic E-state index is 0.0653. The van der Waals surface area contributed by atoms with Crippen molar-refractivity contribution in [2.45, 2.75) is 57.4 Å². The fourth-order valence-corrected chi connectivity index (χ4v) is 3.32. The Bertz CT molecular complexity index is 294. The lowest BCUT2D eigenvalue weighted by atomic mass is 9.98. The van der Waals surface area contributed by atoms with Crippen LogP contribution < -0.4 is 11.1 Å². The maximum absolute atomic E-state index is 12.1. The van der Waals surface area contributed by atoms with E-state index in [0.29, 0.717) is 5.92 Å². The third-order valence-corrected chi connectivity index (χ3v) is 4.58. The SMILES string of the molecule is CC(CNC(=O)C1(N)CCCC1)CN1CCCCC1. The van der Waals surface area contributed by atoms with Crippen molar-refractivity contribution in [3.05, 3.63) is 0 Å². The Labute approximate surface area is 117 Å². The Morgan fingerprint density at radius 2 is 1.84 bits per heavy atom. The Balaban J connectivity index is 1.67. The predicted molar refractivity (Wildman–Crippen MR) is 77.9 cm³/mol. The topological polar surface area (TPSA) is 58.4 Å². The van der Waals surface area contributed by atoms with Crippen LogP contribution in [0, 0.1) is 5.92 Å². The molecule has 0 spiro atoms. The average Bonchev–Trinajstić information content (AvgIpc) is 2.85. The van der Waals surface area contributed by atoms with Crippen molar-refractivity contribution in [1.29, 1.82) is 0 Å². The highest BCUT2D eigenvalue weighted by atomic mass is 16.2. The molecule has 0 aromatic heterocycles. The van der Waals surface area contributed by atoms with Crippen molar-refractivity contribution in [3.8, 4) is 0 Å². The number of likely N-dealkylation sites (tertiary alicyclic amines) is 1. The molecule has 19 heavy (non-hydrogen) atoms. The summed E-state index contributed by atoms with van der Waals surface area (Å²) in [7, 11) is 0. The molecule has 1 atom stereocenters. The summed E-state index contributed by atoms with van der Waals surface area (Å²) in [6.07, 6.45) is 7.90. The molecule has 1 saturated heterocycles. The van der Waals surface area contributed by atoms with Crippen LogP contribution in [0.2, 0.25) is 0 Å². The van der Waals surface area contributed by atoms with Crippen LogP contribution in [0.15, 0.2) is 0 Å². The third-order valence-electron chi connectivity index (χ3n) is 4.58. The fraction of sp³-hybridized carbons (Fsp3) is 0.933. The van der Waals surface area contributed by atoms with E-state index in [4.69, 9.17) is 5.73 Å². The number of piperidine rings is 1. The van der Waals surface area contributed by atoms with Gasteiger partial charge in [-0.05, 0) is 44.7 Å². The highest BCUT2D eigenvalue weighted by Crippen LogP contribution is 2.27. The molecule has 3 N–H and O–H groups in total. The van der Waals surface area contributed by atoms with Crippen molar-refractivity contribution in [3.63, 3.8) is 0 Å². The van der Waals surface area contributed by atoms with Crippen LogP contribution in [0.3, 0.4) is 0 Å². The molecular weight excluding hydrogens is 238 g/mol. The van der Waals surface area contributed by atoms with Gasteiger partial charge in [-0.25, -0.2) is 0 Å². The van der Waals surface area contributed by atoms with Crippen LogP contribution >= 0.6 is 0 Å². The first-order valence-corrected chi connectivity index (χ1v) is 7.90. The van der Waals surface area contributed by atoms with Gasteiger partial charge in [-0.2, -0.15) is 0 Å². The normalized spacial score (nSPS) is 25.2. The van der Waals surface area contributed by atoms with Crippen LogP contribution in [0.1, 0.15) is 51.9 Å². The van der Waals surface area contributed by atoms with E-state index < -0.39 is 5.54 Å². The number of carbonyl (C=O) groups excluding carboxylic acids is 1. The highest BCUT2D eigenvalue weighted by Gasteiger charge is 2.36. The molecule has 1 aliphatic carbocycles. The standard InChI is InChI=1S/C15H29N3O/c1-13(12-18-9-5-2-6-10-18)11-17-14(19)15(16)7-3-4-8-15/h13H,2-12,16H2,1H3,(H,17,19). The maximum Gasteiger partial charge on any atom is 0.240 e. The zero-order valence-corrected chi connectivity index (χ0v) is 12.3. The fourth-order valence-electron chi connectivity index (χ4n) is 3.32. The minimum atomic E-state index is -0.579. The van der Waals surface area contributed by atoms with Crippen LogP contribution in [-0.2, 0) is 4.79 Å². The van der Waals surface area contributed by atoms with Crippen molar-refractivity contribution in [1.82, 2.24) is 10.2 Å². The maximum atomic E-state index is 12.1. The summed E-state index contributed by atoms with van der Waals surface area (Å²) < 4.78 is 0. The van der Waals surface area contributed by atoms with Crippen LogP contribution in [-0.4, -0.2) is 42.5 Å². The summed E-state index contributed by atoms with van der Waals surface area (Å²) in [5.41, 5.74) is 5.57. The van der Waals surface area contributed by atoms with Gasteiger partial charge in [0.1, 0.15) is 0 Å². The predicted octanol–water partition coefficient (Wildman–Crippen LogP) is 1.50. The van der Waals surface area contributed by atoms with Gasteiger partial charge in [0.25, 0.3) is 0 Å². The highest BCUT2D eigenvalue weighted by molar-refractivity contribution is 5.86. The molecule has 1 heterocycles. The second-order valence-corrected chi connectivity index (χ2v) is 6.54. The van der Waals surface area contributed by atoms with E-state index in [1.807, 2.05) is 0 Å². The molecule has 1 saturated carbocycles. The molecule has 2 fully saturated rings. The number of hydrogen-bond donors (Lipinski definition) is 2. The molecule has 1 unspecified atom stereocenters. The largest absolute Gasteiger partial charge is 0.354 e. The van der Waals surface area contributed by atoms with E-state index >= 15 is 0 Å². The molecule has 0 aromatic carbocycles. The third kappa shape index (κ3) is 4.18. The number of nitrogens with one attached hydrogen (secondary N) is 1. The molecule has 1 aliphatic heterocycles. The van der Waals surface area contributed by atoms with Gasteiger partial charge in [-0.1, -0.05) is 26.2 Å². The summed E-state index contributed by atoms with van der Waals surface area (Å²) >= 11 is 0. The lowest BCUT2D eigenvalue weighted by Gasteiger charge is -2.30. The molecule has 0 radical (unpaired) electrons. The smallest absolute Gasteiger partial charge is 0.240 e. The van der Waals surface area contributed by atoms with Gasteiger partial charge < -0.3 is 16.0 Å². The van der Waals surface area contributed by atoms with E-state index in [-0.39, 0.29) is 5.91 Å². The van der Waals surface area contributed by atoms with Crippen molar-refractivity contribution >= 4 is 5.91 Å². The number of nitrogens with zero attached hydrogens (tertiary/aromatic N) is 1. The van der Waals surface area contributed by atoms with E-state index in [1.165, 1.54) is 32.4 Å². The van der Waals surface area contributed by atoms with Crippen LogP contribution in [0.25, 0.3) is 0 Å². The van der Waals surface area contributed by atoms with Crippen molar-refractivity contribution < 1.29 is 4.79 Å². The number of rotatable bonds is 5. The lowest BCUT2D eigenvalue weighted by Crippen LogP contribution is -2.53. The van der Waals surface area contributed by atoms with Crippen LogP contribution in [0.4, 0.5) is 0 Å². The summed E-state index contributed by atoms with van der Waals surface area (Å²) in [5.74, 6) is 0.572. The zero-order chi connectivity index (χ0) is 13.7. The number of carbonyl (C=O) groups is 1. The van der Waals surface area contributed by atoms with Crippen LogP contribution in [0.5, 0.6) is 0 Å². The first-order chi connectivity index (χ1) is 9.10. The summed E-state index contributed by atoms with van der Waals surface area (Å²) in [6, 6.07) is 0. The summed E-state index contributed by atoms with van der Waals surface area (Å²) in [6.45, 7) is 6.51. The van der Waals surface area contributed by atoms with Gasteiger partial charge in [-0.3, -0.25) is 4.79 Å².